The standard InChI is InChI=1S/C15H27NS/c1-6-16-14(9-13-7-8-17-10-13)15(11(2)3)12(4)5/h7-8,10-12,14-16H,6,9H2,1-5H3. The van der Waals surface area contributed by atoms with Gasteiger partial charge in [-0.3, -0.25) is 0 Å². The van der Waals surface area contributed by atoms with Gasteiger partial charge in [0.1, 0.15) is 0 Å². The number of hydrogen-bond acceptors (Lipinski definition) is 2. The summed E-state index contributed by atoms with van der Waals surface area (Å²) < 4.78 is 0. The van der Waals surface area contributed by atoms with E-state index in [0.717, 1.165) is 24.3 Å². The van der Waals surface area contributed by atoms with E-state index in [2.05, 4.69) is 56.8 Å². The molecule has 0 aromatic carbocycles. The summed E-state index contributed by atoms with van der Waals surface area (Å²) in [6, 6.07) is 2.86. The summed E-state index contributed by atoms with van der Waals surface area (Å²) in [4.78, 5) is 0. The van der Waals surface area contributed by atoms with Crippen LogP contribution >= 0.6 is 11.3 Å². The van der Waals surface area contributed by atoms with E-state index in [1.165, 1.54) is 12.0 Å². The van der Waals surface area contributed by atoms with Crippen molar-refractivity contribution in [3.63, 3.8) is 0 Å². The molecule has 0 fully saturated rings. The van der Waals surface area contributed by atoms with E-state index in [4.69, 9.17) is 0 Å². The SMILES string of the molecule is CCNC(Cc1ccsc1)C(C(C)C)C(C)C. The molecule has 98 valence electrons. The van der Waals surface area contributed by atoms with Crippen molar-refractivity contribution < 1.29 is 0 Å². The maximum atomic E-state index is 3.69. The smallest absolute Gasteiger partial charge is 0.0141 e. The second-order valence-electron chi connectivity index (χ2n) is 5.57. The van der Waals surface area contributed by atoms with Gasteiger partial charge in [-0.2, -0.15) is 11.3 Å². The first kappa shape index (κ1) is 14.7. The molecule has 1 nitrogen and oxygen atoms in total. The molecule has 0 bridgehead atoms. The Morgan fingerprint density at radius 3 is 2.24 bits per heavy atom. The van der Waals surface area contributed by atoms with E-state index in [1.54, 1.807) is 11.3 Å². The van der Waals surface area contributed by atoms with Crippen LogP contribution in [0, 0.1) is 17.8 Å². The van der Waals surface area contributed by atoms with Gasteiger partial charge in [-0.1, -0.05) is 34.6 Å². The van der Waals surface area contributed by atoms with Gasteiger partial charge in [0.2, 0.25) is 0 Å². The Kier molecular flexibility index (Phi) is 6.21. The molecule has 0 aliphatic heterocycles. The molecule has 1 N–H and O–H groups in total. The highest BCUT2D eigenvalue weighted by molar-refractivity contribution is 7.07. The van der Waals surface area contributed by atoms with Crippen LogP contribution < -0.4 is 5.32 Å². The summed E-state index contributed by atoms with van der Waals surface area (Å²) in [7, 11) is 0. The summed E-state index contributed by atoms with van der Waals surface area (Å²) in [5.41, 5.74) is 1.48. The Morgan fingerprint density at radius 2 is 1.82 bits per heavy atom. The minimum Gasteiger partial charge on any atom is -0.314 e. The highest BCUT2D eigenvalue weighted by Crippen LogP contribution is 2.26. The lowest BCUT2D eigenvalue weighted by Gasteiger charge is -2.34. The highest BCUT2D eigenvalue weighted by atomic mass is 32.1. The molecule has 1 atom stereocenters. The lowest BCUT2D eigenvalue weighted by Crippen LogP contribution is -2.42. The molecule has 1 unspecified atom stereocenters. The van der Waals surface area contributed by atoms with Crippen LogP contribution in [0.5, 0.6) is 0 Å². The van der Waals surface area contributed by atoms with Crippen LogP contribution in [0.25, 0.3) is 0 Å². The second kappa shape index (κ2) is 7.17. The van der Waals surface area contributed by atoms with Crippen molar-refractivity contribution in [3.8, 4) is 0 Å². The largest absolute Gasteiger partial charge is 0.314 e. The molecule has 0 aliphatic rings. The lowest BCUT2D eigenvalue weighted by molar-refractivity contribution is 0.209. The van der Waals surface area contributed by atoms with Crippen LogP contribution in [0.1, 0.15) is 40.2 Å². The minimum absolute atomic E-state index is 0.606. The first-order valence-electron chi connectivity index (χ1n) is 6.80. The van der Waals surface area contributed by atoms with Crippen molar-refractivity contribution in [2.45, 2.75) is 47.1 Å². The molecule has 17 heavy (non-hydrogen) atoms. The first-order valence-corrected chi connectivity index (χ1v) is 7.75. The van der Waals surface area contributed by atoms with Crippen LogP contribution in [0.3, 0.4) is 0 Å². The maximum absolute atomic E-state index is 3.69. The number of nitrogens with one attached hydrogen (secondary N) is 1. The number of likely N-dealkylation sites (N-methyl/N-ethyl adjacent to an activating group) is 1. The average Bonchev–Trinajstić information content (AvgIpc) is 2.69. The van der Waals surface area contributed by atoms with Gasteiger partial charge in [0.15, 0.2) is 0 Å². The lowest BCUT2D eigenvalue weighted by atomic mass is 9.78. The van der Waals surface area contributed by atoms with E-state index in [0.29, 0.717) is 6.04 Å². The van der Waals surface area contributed by atoms with Gasteiger partial charge in [-0.05, 0) is 53.1 Å². The molecular formula is C15H27NS. The first-order chi connectivity index (χ1) is 8.06. The zero-order valence-corrected chi connectivity index (χ0v) is 12.7. The molecular weight excluding hydrogens is 226 g/mol. The van der Waals surface area contributed by atoms with Crippen LogP contribution in [0.2, 0.25) is 0 Å². The fraction of sp³-hybridized carbons (Fsp3) is 0.733. The Labute approximate surface area is 111 Å². The van der Waals surface area contributed by atoms with Gasteiger partial charge >= 0.3 is 0 Å². The van der Waals surface area contributed by atoms with Gasteiger partial charge in [-0.15, -0.1) is 0 Å². The van der Waals surface area contributed by atoms with Gasteiger partial charge in [0.25, 0.3) is 0 Å². The third-order valence-electron chi connectivity index (χ3n) is 3.51. The zero-order chi connectivity index (χ0) is 12.8. The quantitative estimate of drug-likeness (QED) is 0.768. The Hall–Kier alpha value is -0.340. The molecule has 1 aromatic heterocycles. The molecule has 0 saturated carbocycles. The topological polar surface area (TPSA) is 12.0 Å². The van der Waals surface area contributed by atoms with Crippen LogP contribution in [-0.4, -0.2) is 12.6 Å². The van der Waals surface area contributed by atoms with Crippen molar-refractivity contribution in [3.05, 3.63) is 22.4 Å². The van der Waals surface area contributed by atoms with Gasteiger partial charge in [0.05, 0.1) is 0 Å². The van der Waals surface area contributed by atoms with E-state index in [-0.39, 0.29) is 0 Å². The van der Waals surface area contributed by atoms with Gasteiger partial charge in [-0.25, -0.2) is 0 Å². The molecule has 0 spiro atoms. The van der Waals surface area contributed by atoms with E-state index in [9.17, 15) is 0 Å². The molecule has 0 saturated heterocycles. The Balaban J connectivity index is 2.75. The van der Waals surface area contributed by atoms with Gasteiger partial charge in [0, 0.05) is 6.04 Å². The van der Waals surface area contributed by atoms with Crippen LogP contribution in [0.4, 0.5) is 0 Å². The molecule has 1 rings (SSSR count). The van der Waals surface area contributed by atoms with Crippen molar-refractivity contribution in [1.29, 1.82) is 0 Å². The Morgan fingerprint density at radius 1 is 1.18 bits per heavy atom. The number of thiophene rings is 1. The molecule has 2 heteroatoms. The Bertz CT molecular complexity index is 282. The molecule has 0 radical (unpaired) electrons. The third kappa shape index (κ3) is 4.44. The number of hydrogen-bond donors (Lipinski definition) is 1. The summed E-state index contributed by atoms with van der Waals surface area (Å²) in [6.07, 6.45) is 1.17. The van der Waals surface area contributed by atoms with Crippen LogP contribution in [0.15, 0.2) is 16.8 Å². The highest BCUT2D eigenvalue weighted by Gasteiger charge is 2.26. The average molecular weight is 253 g/mol. The molecule has 1 aromatic rings. The van der Waals surface area contributed by atoms with Crippen molar-refractivity contribution in [2.75, 3.05) is 6.54 Å². The number of rotatable bonds is 7. The maximum Gasteiger partial charge on any atom is 0.0141 e. The normalized spacial score (nSPS) is 13.9. The molecule has 0 amide bonds. The van der Waals surface area contributed by atoms with E-state index >= 15 is 0 Å². The molecule has 1 heterocycles. The second-order valence-corrected chi connectivity index (χ2v) is 6.35. The predicted octanol–water partition coefficient (Wildman–Crippen LogP) is 4.20. The zero-order valence-electron chi connectivity index (χ0n) is 11.9. The third-order valence-corrected chi connectivity index (χ3v) is 4.24. The van der Waals surface area contributed by atoms with Crippen molar-refractivity contribution >= 4 is 11.3 Å². The van der Waals surface area contributed by atoms with E-state index in [1.807, 2.05) is 0 Å². The van der Waals surface area contributed by atoms with Crippen molar-refractivity contribution in [1.82, 2.24) is 5.32 Å². The summed E-state index contributed by atoms with van der Waals surface area (Å²) in [6.45, 7) is 12.7. The fourth-order valence-electron chi connectivity index (χ4n) is 2.97. The molecule has 0 aliphatic carbocycles. The monoisotopic (exact) mass is 253 g/mol. The van der Waals surface area contributed by atoms with E-state index < -0.39 is 0 Å². The predicted molar refractivity (Wildman–Crippen MR) is 78.7 cm³/mol. The van der Waals surface area contributed by atoms with Crippen LogP contribution in [-0.2, 0) is 6.42 Å². The minimum atomic E-state index is 0.606. The van der Waals surface area contributed by atoms with Crippen molar-refractivity contribution in [2.24, 2.45) is 17.8 Å². The summed E-state index contributed by atoms with van der Waals surface area (Å²) >= 11 is 1.80. The summed E-state index contributed by atoms with van der Waals surface area (Å²) in [5, 5.41) is 8.15. The summed E-state index contributed by atoms with van der Waals surface area (Å²) in [5.74, 6) is 2.21. The fourth-order valence-corrected chi connectivity index (χ4v) is 3.65. The van der Waals surface area contributed by atoms with Gasteiger partial charge < -0.3 is 5.32 Å².